The maximum atomic E-state index is 12.8. The van der Waals surface area contributed by atoms with Gasteiger partial charge in [-0.15, -0.1) is 0 Å². The van der Waals surface area contributed by atoms with Crippen LogP contribution >= 0.6 is 0 Å². The smallest absolute Gasteiger partial charge is 0.163 e. The summed E-state index contributed by atoms with van der Waals surface area (Å²) in [7, 11) is 0. The maximum absolute atomic E-state index is 12.8. The quantitative estimate of drug-likeness (QED) is 0.780. The van der Waals surface area contributed by atoms with E-state index in [0.29, 0.717) is 12.1 Å². The van der Waals surface area contributed by atoms with Crippen LogP contribution < -0.4 is 0 Å². The Balaban J connectivity index is 2.33. The lowest BCUT2D eigenvalue weighted by atomic mass is 10.1. The van der Waals surface area contributed by atoms with Crippen molar-refractivity contribution in [2.75, 3.05) is 0 Å². The molecule has 0 aliphatic heterocycles. The summed E-state index contributed by atoms with van der Waals surface area (Å²) in [6, 6.07) is 6.29. The largest absolute Gasteiger partial charge is 0.294 e. The van der Waals surface area contributed by atoms with Crippen molar-refractivity contribution >= 4 is 5.78 Å². The third kappa shape index (κ3) is 2.32. The number of aryl methyl sites for hydroxylation is 1. The summed E-state index contributed by atoms with van der Waals surface area (Å²) in [5.41, 5.74) is 3.22. The second-order valence-electron chi connectivity index (χ2n) is 4.39. The van der Waals surface area contributed by atoms with Crippen LogP contribution in [0.4, 0.5) is 4.39 Å². The van der Waals surface area contributed by atoms with Gasteiger partial charge in [0.2, 0.25) is 0 Å². The van der Waals surface area contributed by atoms with E-state index < -0.39 is 0 Å². The van der Waals surface area contributed by atoms with Gasteiger partial charge in [0, 0.05) is 5.69 Å². The highest BCUT2D eigenvalue weighted by Crippen LogP contribution is 2.15. The van der Waals surface area contributed by atoms with E-state index in [0.717, 1.165) is 17.0 Å². The fourth-order valence-electron chi connectivity index (χ4n) is 2.12. The summed E-state index contributed by atoms with van der Waals surface area (Å²) in [4.78, 5) is 11.5. The molecule has 0 spiro atoms. The van der Waals surface area contributed by atoms with Crippen molar-refractivity contribution in [3.63, 3.8) is 0 Å². The number of ketones is 1. The van der Waals surface area contributed by atoms with Crippen LogP contribution in [0, 0.1) is 19.7 Å². The van der Waals surface area contributed by atoms with Crippen molar-refractivity contribution in [3.05, 3.63) is 52.6 Å². The molecule has 2 rings (SSSR count). The van der Waals surface area contributed by atoms with Gasteiger partial charge in [0.1, 0.15) is 5.82 Å². The highest BCUT2D eigenvalue weighted by molar-refractivity contribution is 5.96. The fraction of sp³-hybridized carbons (Fsp3) is 0.286. The highest BCUT2D eigenvalue weighted by atomic mass is 19.1. The molecule has 1 heterocycles. The summed E-state index contributed by atoms with van der Waals surface area (Å²) in [6.07, 6.45) is 0. The normalized spacial score (nSPS) is 10.7. The third-order valence-corrected chi connectivity index (χ3v) is 2.98. The molecule has 18 heavy (non-hydrogen) atoms. The van der Waals surface area contributed by atoms with Crippen LogP contribution in [0.5, 0.6) is 0 Å². The number of hydrogen-bond donors (Lipinski definition) is 0. The van der Waals surface area contributed by atoms with Crippen molar-refractivity contribution in [3.8, 4) is 0 Å². The summed E-state index contributed by atoms with van der Waals surface area (Å²) in [5.74, 6) is -0.230. The van der Waals surface area contributed by atoms with Gasteiger partial charge in [-0.05, 0) is 38.5 Å². The van der Waals surface area contributed by atoms with E-state index in [-0.39, 0.29) is 11.6 Å². The average molecular weight is 246 g/mol. The zero-order chi connectivity index (χ0) is 13.3. The Kier molecular flexibility index (Phi) is 3.28. The Morgan fingerprint density at radius 2 is 1.89 bits per heavy atom. The number of benzene rings is 1. The molecule has 4 heteroatoms. The SMILES string of the molecule is CC(=O)c1c(C)nn(Cc2ccc(F)cc2)c1C. The number of rotatable bonds is 3. The van der Waals surface area contributed by atoms with Crippen LogP contribution in [0.1, 0.15) is 34.2 Å². The molecule has 3 nitrogen and oxygen atoms in total. The molecule has 0 N–H and O–H groups in total. The van der Waals surface area contributed by atoms with Gasteiger partial charge in [0.25, 0.3) is 0 Å². The molecular formula is C14H15FN2O. The highest BCUT2D eigenvalue weighted by Gasteiger charge is 2.15. The zero-order valence-corrected chi connectivity index (χ0v) is 10.7. The molecular weight excluding hydrogens is 231 g/mol. The molecule has 0 saturated heterocycles. The van der Waals surface area contributed by atoms with Gasteiger partial charge in [0.05, 0.1) is 17.8 Å². The van der Waals surface area contributed by atoms with Crippen molar-refractivity contribution in [2.24, 2.45) is 0 Å². The van der Waals surface area contributed by atoms with Crippen LogP contribution in [0.2, 0.25) is 0 Å². The number of carbonyl (C=O) groups is 1. The van der Waals surface area contributed by atoms with Gasteiger partial charge in [-0.2, -0.15) is 5.10 Å². The van der Waals surface area contributed by atoms with Crippen molar-refractivity contribution < 1.29 is 9.18 Å². The predicted octanol–water partition coefficient (Wildman–Crippen LogP) is 2.89. The first-order valence-electron chi connectivity index (χ1n) is 5.78. The molecule has 0 atom stereocenters. The Hall–Kier alpha value is -1.97. The van der Waals surface area contributed by atoms with Crippen LogP contribution in [-0.2, 0) is 6.54 Å². The summed E-state index contributed by atoms with van der Waals surface area (Å²) in [5, 5.41) is 4.35. The van der Waals surface area contributed by atoms with E-state index >= 15 is 0 Å². The molecule has 0 bridgehead atoms. The first kappa shape index (κ1) is 12.5. The zero-order valence-electron chi connectivity index (χ0n) is 10.7. The molecule has 0 radical (unpaired) electrons. The standard InChI is InChI=1S/C14H15FN2O/c1-9-14(11(3)18)10(2)17(16-9)8-12-4-6-13(15)7-5-12/h4-7H,8H2,1-3H3. The van der Waals surface area contributed by atoms with Gasteiger partial charge < -0.3 is 0 Å². The van der Waals surface area contributed by atoms with Gasteiger partial charge >= 0.3 is 0 Å². The van der Waals surface area contributed by atoms with Crippen molar-refractivity contribution in [1.82, 2.24) is 9.78 Å². The van der Waals surface area contributed by atoms with Crippen LogP contribution in [0.15, 0.2) is 24.3 Å². The number of hydrogen-bond acceptors (Lipinski definition) is 2. The minimum atomic E-state index is -0.253. The van der Waals surface area contributed by atoms with Crippen molar-refractivity contribution in [1.29, 1.82) is 0 Å². The number of Topliss-reactive ketones (excluding diaryl/α,β-unsaturated/α-hetero) is 1. The molecule has 0 aliphatic rings. The Bertz CT molecular complexity index is 585. The lowest BCUT2D eigenvalue weighted by molar-refractivity contribution is 0.101. The Labute approximate surface area is 105 Å². The summed E-state index contributed by atoms with van der Waals surface area (Å²) >= 11 is 0. The second-order valence-corrected chi connectivity index (χ2v) is 4.39. The van der Waals surface area contributed by atoms with E-state index in [1.807, 2.05) is 13.8 Å². The molecule has 0 fully saturated rings. The fourth-order valence-corrected chi connectivity index (χ4v) is 2.12. The maximum Gasteiger partial charge on any atom is 0.163 e. The van der Waals surface area contributed by atoms with Crippen LogP contribution in [-0.4, -0.2) is 15.6 Å². The molecule has 2 aromatic rings. The van der Waals surface area contributed by atoms with E-state index in [9.17, 15) is 9.18 Å². The summed E-state index contributed by atoms with van der Waals surface area (Å²) < 4.78 is 14.6. The minimum absolute atomic E-state index is 0.0235. The molecule has 0 saturated carbocycles. The molecule has 0 aliphatic carbocycles. The molecule has 0 unspecified atom stereocenters. The number of aromatic nitrogens is 2. The Morgan fingerprint density at radius 1 is 1.28 bits per heavy atom. The van der Waals surface area contributed by atoms with E-state index in [4.69, 9.17) is 0 Å². The molecule has 94 valence electrons. The first-order chi connectivity index (χ1) is 8.49. The van der Waals surface area contributed by atoms with E-state index in [1.165, 1.54) is 12.1 Å². The topological polar surface area (TPSA) is 34.9 Å². The molecule has 1 aromatic carbocycles. The monoisotopic (exact) mass is 246 g/mol. The second kappa shape index (κ2) is 4.72. The Morgan fingerprint density at radius 3 is 2.39 bits per heavy atom. The van der Waals surface area contributed by atoms with Crippen LogP contribution in [0.25, 0.3) is 0 Å². The van der Waals surface area contributed by atoms with Crippen LogP contribution in [0.3, 0.4) is 0 Å². The van der Waals surface area contributed by atoms with Gasteiger partial charge in [-0.1, -0.05) is 12.1 Å². The summed E-state index contributed by atoms with van der Waals surface area (Å²) in [6.45, 7) is 5.78. The third-order valence-electron chi connectivity index (χ3n) is 2.98. The van der Waals surface area contributed by atoms with Gasteiger partial charge in [0.15, 0.2) is 5.78 Å². The van der Waals surface area contributed by atoms with E-state index in [1.54, 1.807) is 23.7 Å². The van der Waals surface area contributed by atoms with E-state index in [2.05, 4.69) is 5.10 Å². The van der Waals surface area contributed by atoms with Gasteiger partial charge in [-0.25, -0.2) is 4.39 Å². The first-order valence-corrected chi connectivity index (χ1v) is 5.78. The predicted molar refractivity (Wildman–Crippen MR) is 67.2 cm³/mol. The van der Waals surface area contributed by atoms with Gasteiger partial charge in [-0.3, -0.25) is 9.48 Å². The average Bonchev–Trinajstić information content (AvgIpc) is 2.57. The minimum Gasteiger partial charge on any atom is -0.294 e. The molecule has 0 amide bonds. The lowest BCUT2D eigenvalue weighted by Gasteiger charge is -2.05. The van der Waals surface area contributed by atoms with Crippen molar-refractivity contribution in [2.45, 2.75) is 27.3 Å². The number of halogens is 1. The number of nitrogens with zero attached hydrogens (tertiary/aromatic N) is 2. The number of carbonyl (C=O) groups excluding carboxylic acids is 1. The molecule has 1 aromatic heterocycles. The lowest BCUT2D eigenvalue weighted by Crippen LogP contribution is -2.05.